The first-order valence-electron chi connectivity index (χ1n) is 6.54. The van der Waals surface area contributed by atoms with Crippen LogP contribution in [-0.4, -0.2) is 4.98 Å². The van der Waals surface area contributed by atoms with Crippen LogP contribution in [0.4, 0.5) is 5.69 Å². The van der Waals surface area contributed by atoms with Gasteiger partial charge in [-0.05, 0) is 55.3 Å². The second-order valence-electron chi connectivity index (χ2n) is 4.85. The summed E-state index contributed by atoms with van der Waals surface area (Å²) in [5, 5.41) is 0.912. The van der Waals surface area contributed by atoms with Crippen molar-refractivity contribution in [1.29, 1.82) is 0 Å². The molecule has 100 valence electrons. The van der Waals surface area contributed by atoms with Crippen molar-refractivity contribution >= 4 is 16.6 Å². The molecule has 0 unspecified atom stereocenters. The number of aromatic nitrogens is 1. The number of anilines is 1. The van der Waals surface area contributed by atoms with E-state index >= 15 is 0 Å². The maximum Gasteiger partial charge on any atom is 0.153 e. The predicted octanol–water partition coefficient (Wildman–Crippen LogP) is 4.23. The summed E-state index contributed by atoms with van der Waals surface area (Å²) in [6.45, 7) is 4.12. The summed E-state index contributed by atoms with van der Waals surface area (Å²) >= 11 is 0. The third-order valence-corrected chi connectivity index (χ3v) is 3.54. The topological polar surface area (TPSA) is 48.1 Å². The molecule has 3 aromatic rings. The molecule has 0 aliphatic heterocycles. The minimum absolute atomic E-state index is 0.710. The highest BCUT2D eigenvalue weighted by Crippen LogP contribution is 2.33. The van der Waals surface area contributed by atoms with Gasteiger partial charge in [-0.25, -0.2) is 0 Å². The van der Waals surface area contributed by atoms with Gasteiger partial charge in [-0.2, -0.15) is 0 Å². The minimum Gasteiger partial charge on any atom is -0.455 e. The van der Waals surface area contributed by atoms with Crippen LogP contribution in [0.5, 0.6) is 11.5 Å². The maximum atomic E-state index is 6.04. The molecule has 0 amide bonds. The number of aryl methyl sites for hydroxylation is 1. The summed E-state index contributed by atoms with van der Waals surface area (Å²) in [5.41, 5.74) is 9.81. The number of hydrogen-bond donors (Lipinski definition) is 1. The van der Waals surface area contributed by atoms with E-state index in [0.717, 1.165) is 28.0 Å². The lowest BCUT2D eigenvalue weighted by atomic mass is 10.1. The molecule has 0 saturated carbocycles. The SMILES string of the molecule is Cc1cccc(Oc2ccc(N)c3cccnc23)c1C. The molecule has 0 bridgehead atoms. The van der Waals surface area contributed by atoms with Crippen LogP contribution in [0.25, 0.3) is 10.9 Å². The molecular weight excluding hydrogens is 248 g/mol. The molecule has 0 spiro atoms. The minimum atomic E-state index is 0.710. The number of nitrogens with zero attached hydrogens (tertiary/aromatic N) is 1. The van der Waals surface area contributed by atoms with Crippen molar-refractivity contribution in [3.05, 3.63) is 59.8 Å². The van der Waals surface area contributed by atoms with E-state index in [1.165, 1.54) is 5.56 Å². The lowest BCUT2D eigenvalue weighted by molar-refractivity contribution is 0.483. The van der Waals surface area contributed by atoms with Crippen LogP contribution in [-0.2, 0) is 0 Å². The van der Waals surface area contributed by atoms with Crippen molar-refractivity contribution in [3.8, 4) is 11.5 Å². The Hall–Kier alpha value is -2.55. The molecule has 3 nitrogen and oxygen atoms in total. The van der Waals surface area contributed by atoms with Crippen molar-refractivity contribution in [2.45, 2.75) is 13.8 Å². The molecule has 0 saturated heterocycles. The average Bonchev–Trinajstić information content (AvgIpc) is 2.47. The zero-order valence-electron chi connectivity index (χ0n) is 11.6. The van der Waals surface area contributed by atoms with Crippen molar-refractivity contribution in [1.82, 2.24) is 4.98 Å². The van der Waals surface area contributed by atoms with E-state index in [-0.39, 0.29) is 0 Å². The third kappa shape index (κ3) is 2.07. The van der Waals surface area contributed by atoms with E-state index in [1.54, 1.807) is 6.20 Å². The lowest BCUT2D eigenvalue weighted by Crippen LogP contribution is -1.94. The van der Waals surface area contributed by atoms with Gasteiger partial charge in [0.25, 0.3) is 0 Å². The smallest absolute Gasteiger partial charge is 0.153 e. The molecule has 1 heterocycles. The number of rotatable bonds is 2. The fourth-order valence-electron chi connectivity index (χ4n) is 2.20. The summed E-state index contributed by atoms with van der Waals surface area (Å²) < 4.78 is 6.04. The molecule has 1 aromatic heterocycles. The van der Waals surface area contributed by atoms with Crippen LogP contribution in [0, 0.1) is 13.8 Å². The fourth-order valence-corrected chi connectivity index (χ4v) is 2.20. The Morgan fingerprint density at radius 2 is 1.80 bits per heavy atom. The van der Waals surface area contributed by atoms with Crippen LogP contribution in [0.3, 0.4) is 0 Å². The van der Waals surface area contributed by atoms with Crippen LogP contribution >= 0.6 is 0 Å². The quantitative estimate of drug-likeness (QED) is 0.705. The normalized spacial score (nSPS) is 10.7. The molecule has 3 heteroatoms. The highest BCUT2D eigenvalue weighted by atomic mass is 16.5. The second-order valence-corrected chi connectivity index (χ2v) is 4.85. The monoisotopic (exact) mass is 264 g/mol. The number of hydrogen-bond acceptors (Lipinski definition) is 3. The van der Waals surface area contributed by atoms with Gasteiger partial charge in [0.15, 0.2) is 5.75 Å². The van der Waals surface area contributed by atoms with E-state index in [2.05, 4.69) is 24.9 Å². The zero-order chi connectivity index (χ0) is 14.1. The number of benzene rings is 2. The van der Waals surface area contributed by atoms with Gasteiger partial charge in [0.05, 0.1) is 0 Å². The standard InChI is InChI=1S/C17H16N2O/c1-11-5-3-7-15(12(11)2)20-16-9-8-14(18)13-6-4-10-19-17(13)16/h3-10H,18H2,1-2H3. The number of pyridine rings is 1. The van der Waals surface area contributed by atoms with Crippen molar-refractivity contribution in [2.24, 2.45) is 0 Å². The van der Waals surface area contributed by atoms with Crippen LogP contribution < -0.4 is 10.5 Å². The average molecular weight is 264 g/mol. The molecule has 0 atom stereocenters. The van der Waals surface area contributed by atoms with E-state index in [1.807, 2.05) is 36.4 Å². The van der Waals surface area contributed by atoms with E-state index in [9.17, 15) is 0 Å². The first-order valence-corrected chi connectivity index (χ1v) is 6.54. The van der Waals surface area contributed by atoms with Gasteiger partial charge >= 0.3 is 0 Å². The van der Waals surface area contributed by atoms with Crippen LogP contribution in [0.2, 0.25) is 0 Å². The zero-order valence-corrected chi connectivity index (χ0v) is 11.6. The third-order valence-electron chi connectivity index (χ3n) is 3.54. The van der Waals surface area contributed by atoms with Crippen molar-refractivity contribution < 1.29 is 4.74 Å². The first kappa shape index (κ1) is 12.5. The van der Waals surface area contributed by atoms with E-state index in [4.69, 9.17) is 10.5 Å². The Kier molecular flexibility index (Phi) is 3.03. The highest BCUT2D eigenvalue weighted by Gasteiger charge is 2.09. The van der Waals surface area contributed by atoms with Crippen molar-refractivity contribution in [3.63, 3.8) is 0 Å². The second kappa shape index (κ2) is 4.85. The molecule has 20 heavy (non-hydrogen) atoms. The molecule has 0 fully saturated rings. The fraction of sp³-hybridized carbons (Fsp3) is 0.118. The van der Waals surface area contributed by atoms with Crippen molar-refractivity contribution in [2.75, 3.05) is 5.73 Å². The van der Waals surface area contributed by atoms with E-state index in [0.29, 0.717) is 5.69 Å². The molecule has 3 rings (SSSR count). The van der Waals surface area contributed by atoms with Crippen LogP contribution in [0.1, 0.15) is 11.1 Å². The molecule has 0 radical (unpaired) electrons. The summed E-state index contributed by atoms with van der Waals surface area (Å²) in [4.78, 5) is 4.39. The Bertz CT molecular complexity index is 781. The number of ether oxygens (including phenoxy) is 1. The number of fused-ring (bicyclic) bond motifs is 1. The maximum absolute atomic E-state index is 6.04. The number of nitrogen functional groups attached to an aromatic ring is 1. The van der Waals surface area contributed by atoms with Gasteiger partial charge in [-0.3, -0.25) is 4.98 Å². The summed E-state index contributed by atoms with van der Waals surface area (Å²) in [7, 11) is 0. The summed E-state index contributed by atoms with van der Waals surface area (Å²) in [5.74, 6) is 1.57. The van der Waals surface area contributed by atoms with Gasteiger partial charge in [0, 0.05) is 17.3 Å². The van der Waals surface area contributed by atoms with Gasteiger partial charge in [-0.15, -0.1) is 0 Å². The summed E-state index contributed by atoms with van der Waals surface area (Å²) in [6, 6.07) is 13.6. The molecule has 0 aliphatic carbocycles. The van der Waals surface area contributed by atoms with Gasteiger partial charge in [0.2, 0.25) is 0 Å². The van der Waals surface area contributed by atoms with Crippen LogP contribution in [0.15, 0.2) is 48.7 Å². The van der Waals surface area contributed by atoms with E-state index < -0.39 is 0 Å². The van der Waals surface area contributed by atoms with Gasteiger partial charge in [0.1, 0.15) is 11.3 Å². The van der Waals surface area contributed by atoms with Gasteiger partial charge in [-0.1, -0.05) is 12.1 Å². The largest absolute Gasteiger partial charge is 0.455 e. The lowest BCUT2D eigenvalue weighted by Gasteiger charge is -2.12. The molecule has 2 N–H and O–H groups in total. The Morgan fingerprint density at radius 1 is 0.950 bits per heavy atom. The van der Waals surface area contributed by atoms with Gasteiger partial charge < -0.3 is 10.5 Å². The molecule has 2 aromatic carbocycles. The number of nitrogens with two attached hydrogens (primary N) is 1. The highest BCUT2D eigenvalue weighted by molar-refractivity contribution is 5.94. The first-order chi connectivity index (χ1) is 9.66. The molecule has 0 aliphatic rings. The summed E-state index contributed by atoms with van der Waals surface area (Å²) in [6.07, 6.45) is 1.75. The predicted molar refractivity (Wildman–Crippen MR) is 82.1 cm³/mol. The Labute approximate surface area is 118 Å². The Balaban J connectivity index is 2.12. The molecular formula is C17H16N2O. The Morgan fingerprint density at radius 3 is 2.65 bits per heavy atom.